The van der Waals surface area contributed by atoms with Crippen molar-refractivity contribution in [3.63, 3.8) is 0 Å². The molecule has 0 aliphatic heterocycles. The fraction of sp³-hybridized carbons (Fsp3) is 0.0500. The summed E-state index contributed by atoms with van der Waals surface area (Å²) < 4.78 is 0. The van der Waals surface area contributed by atoms with E-state index < -0.39 is 0 Å². The van der Waals surface area contributed by atoms with Gasteiger partial charge in [0.1, 0.15) is 5.69 Å². The van der Waals surface area contributed by atoms with E-state index in [-0.39, 0.29) is 0 Å². The first-order valence-corrected chi connectivity index (χ1v) is 7.76. The average molecular weight is 312 g/mol. The van der Waals surface area contributed by atoms with Gasteiger partial charge in [-0.25, -0.2) is 15.0 Å². The largest absolute Gasteiger partial charge is 0.399 e. The lowest BCUT2D eigenvalue weighted by molar-refractivity contribution is 1.17. The zero-order chi connectivity index (χ0) is 16.5. The van der Waals surface area contributed by atoms with Crippen LogP contribution < -0.4 is 5.73 Å². The van der Waals surface area contributed by atoms with Crippen molar-refractivity contribution in [2.45, 2.75) is 6.92 Å². The van der Waals surface area contributed by atoms with Crippen LogP contribution in [-0.4, -0.2) is 15.0 Å². The Bertz CT molecular complexity index is 1040. The summed E-state index contributed by atoms with van der Waals surface area (Å²) >= 11 is 0. The number of nitrogens with two attached hydrogens (primary N) is 1. The molecule has 4 heteroatoms. The molecule has 24 heavy (non-hydrogen) atoms. The molecule has 4 aromatic rings. The fourth-order valence-corrected chi connectivity index (χ4v) is 2.73. The maximum absolute atomic E-state index is 5.90. The molecule has 2 aromatic heterocycles. The molecule has 0 bridgehead atoms. The van der Waals surface area contributed by atoms with E-state index >= 15 is 0 Å². The third-order valence-corrected chi connectivity index (χ3v) is 3.98. The molecule has 0 aliphatic carbocycles. The third kappa shape index (κ3) is 2.58. The number of rotatable bonds is 2. The van der Waals surface area contributed by atoms with Gasteiger partial charge in [-0.15, -0.1) is 0 Å². The third-order valence-electron chi connectivity index (χ3n) is 3.98. The average Bonchev–Trinajstić information content (AvgIpc) is 2.62. The van der Waals surface area contributed by atoms with Crippen molar-refractivity contribution in [3.05, 3.63) is 72.4 Å². The van der Waals surface area contributed by atoms with Crippen molar-refractivity contribution in [2.75, 3.05) is 5.73 Å². The lowest BCUT2D eigenvalue weighted by Crippen LogP contribution is -1.96. The SMILES string of the molecule is Cc1ccc(-c2ncc3ccccc3n2)nc1-c1cccc(N)c1. The number of aryl methyl sites for hydroxylation is 1. The molecule has 0 amide bonds. The standard InChI is InChI=1S/C20H16N4/c1-13-9-10-18(23-19(13)14-6-4-7-16(21)11-14)20-22-12-15-5-2-3-8-17(15)24-20/h2-12H,21H2,1H3. The van der Waals surface area contributed by atoms with Gasteiger partial charge >= 0.3 is 0 Å². The summed E-state index contributed by atoms with van der Waals surface area (Å²) in [5.41, 5.74) is 11.3. The van der Waals surface area contributed by atoms with Crippen LogP contribution in [0.5, 0.6) is 0 Å². The Morgan fingerprint density at radius 1 is 0.875 bits per heavy atom. The second-order valence-electron chi connectivity index (χ2n) is 5.74. The van der Waals surface area contributed by atoms with E-state index in [0.717, 1.165) is 39.1 Å². The van der Waals surface area contributed by atoms with Crippen molar-refractivity contribution in [1.82, 2.24) is 15.0 Å². The molecule has 2 aromatic carbocycles. The van der Waals surface area contributed by atoms with Crippen LogP contribution in [-0.2, 0) is 0 Å². The first-order chi connectivity index (χ1) is 11.7. The predicted octanol–water partition coefficient (Wildman–Crippen LogP) is 4.25. The summed E-state index contributed by atoms with van der Waals surface area (Å²) in [6.45, 7) is 2.04. The Balaban J connectivity index is 1.85. The van der Waals surface area contributed by atoms with E-state index in [4.69, 9.17) is 10.7 Å². The van der Waals surface area contributed by atoms with E-state index in [1.54, 1.807) is 0 Å². The van der Waals surface area contributed by atoms with Gasteiger partial charge in [0.25, 0.3) is 0 Å². The summed E-state index contributed by atoms with van der Waals surface area (Å²) in [5, 5.41) is 1.02. The zero-order valence-corrected chi connectivity index (χ0v) is 13.3. The molecule has 0 fully saturated rings. The van der Waals surface area contributed by atoms with Crippen LogP contribution in [0.2, 0.25) is 0 Å². The Labute approximate surface area is 140 Å². The number of fused-ring (bicyclic) bond motifs is 1. The van der Waals surface area contributed by atoms with E-state index in [2.05, 4.69) is 9.97 Å². The zero-order valence-electron chi connectivity index (χ0n) is 13.3. The van der Waals surface area contributed by atoms with Crippen LogP contribution >= 0.6 is 0 Å². The number of hydrogen-bond acceptors (Lipinski definition) is 4. The minimum Gasteiger partial charge on any atom is -0.399 e. The number of hydrogen-bond donors (Lipinski definition) is 1. The number of nitrogen functional groups attached to an aromatic ring is 1. The normalized spacial score (nSPS) is 10.9. The number of para-hydroxylation sites is 1. The highest BCUT2D eigenvalue weighted by Crippen LogP contribution is 2.26. The highest BCUT2D eigenvalue weighted by molar-refractivity contribution is 5.79. The van der Waals surface area contributed by atoms with E-state index in [0.29, 0.717) is 5.82 Å². The number of nitrogens with zero attached hydrogens (tertiary/aromatic N) is 3. The van der Waals surface area contributed by atoms with Gasteiger partial charge in [-0.1, -0.05) is 36.4 Å². The first kappa shape index (κ1) is 14.3. The molecule has 2 N–H and O–H groups in total. The number of aromatic nitrogens is 3. The second-order valence-corrected chi connectivity index (χ2v) is 5.74. The van der Waals surface area contributed by atoms with Crippen LogP contribution in [0.3, 0.4) is 0 Å². The minimum absolute atomic E-state index is 0.624. The van der Waals surface area contributed by atoms with E-state index in [1.807, 2.05) is 73.8 Å². The molecule has 0 atom stereocenters. The Morgan fingerprint density at radius 3 is 2.62 bits per heavy atom. The van der Waals surface area contributed by atoms with E-state index in [9.17, 15) is 0 Å². The van der Waals surface area contributed by atoms with E-state index in [1.165, 1.54) is 0 Å². The topological polar surface area (TPSA) is 64.7 Å². The predicted molar refractivity (Wildman–Crippen MR) is 97.4 cm³/mol. The molecule has 0 spiro atoms. The molecular formula is C20H16N4. The summed E-state index contributed by atoms with van der Waals surface area (Å²) in [7, 11) is 0. The summed E-state index contributed by atoms with van der Waals surface area (Å²) in [6.07, 6.45) is 1.83. The van der Waals surface area contributed by atoms with Crippen LogP contribution in [0.15, 0.2) is 66.9 Å². The molecule has 4 rings (SSSR count). The van der Waals surface area contributed by atoms with Crippen molar-refractivity contribution in [1.29, 1.82) is 0 Å². The lowest BCUT2D eigenvalue weighted by atomic mass is 10.1. The van der Waals surface area contributed by atoms with Gasteiger partial charge in [0.05, 0.1) is 11.2 Å². The highest BCUT2D eigenvalue weighted by atomic mass is 14.9. The lowest BCUT2D eigenvalue weighted by Gasteiger charge is -2.09. The van der Waals surface area contributed by atoms with Gasteiger partial charge in [0.2, 0.25) is 0 Å². The molecule has 116 valence electrons. The molecule has 0 saturated carbocycles. The highest BCUT2D eigenvalue weighted by Gasteiger charge is 2.10. The molecule has 0 unspecified atom stereocenters. The second kappa shape index (κ2) is 5.74. The molecule has 4 nitrogen and oxygen atoms in total. The van der Waals surface area contributed by atoms with Gasteiger partial charge in [-0.05, 0) is 36.8 Å². The van der Waals surface area contributed by atoms with Gasteiger partial charge in [0, 0.05) is 22.8 Å². The van der Waals surface area contributed by atoms with Gasteiger partial charge in [0.15, 0.2) is 5.82 Å². The Hall–Kier alpha value is -3.27. The van der Waals surface area contributed by atoms with Crippen molar-refractivity contribution < 1.29 is 0 Å². The number of benzene rings is 2. The first-order valence-electron chi connectivity index (χ1n) is 7.76. The van der Waals surface area contributed by atoms with Crippen molar-refractivity contribution in [3.8, 4) is 22.8 Å². The summed E-state index contributed by atoms with van der Waals surface area (Å²) in [6, 6.07) is 19.7. The maximum atomic E-state index is 5.90. The van der Waals surface area contributed by atoms with Crippen molar-refractivity contribution >= 4 is 16.6 Å². The fourth-order valence-electron chi connectivity index (χ4n) is 2.73. The smallest absolute Gasteiger partial charge is 0.178 e. The minimum atomic E-state index is 0.624. The quantitative estimate of drug-likeness (QED) is 0.562. The van der Waals surface area contributed by atoms with Crippen LogP contribution in [0.4, 0.5) is 5.69 Å². The molecule has 0 saturated heterocycles. The Kier molecular flexibility index (Phi) is 3.43. The van der Waals surface area contributed by atoms with Crippen LogP contribution in [0.1, 0.15) is 5.56 Å². The molecule has 2 heterocycles. The van der Waals surface area contributed by atoms with Crippen molar-refractivity contribution in [2.24, 2.45) is 0 Å². The molecule has 0 radical (unpaired) electrons. The Morgan fingerprint density at radius 2 is 1.75 bits per heavy atom. The maximum Gasteiger partial charge on any atom is 0.178 e. The molecule has 0 aliphatic rings. The monoisotopic (exact) mass is 312 g/mol. The summed E-state index contributed by atoms with van der Waals surface area (Å²) in [5.74, 6) is 0.624. The summed E-state index contributed by atoms with van der Waals surface area (Å²) in [4.78, 5) is 13.9. The molecular weight excluding hydrogens is 296 g/mol. The van der Waals surface area contributed by atoms with Gasteiger partial charge < -0.3 is 5.73 Å². The van der Waals surface area contributed by atoms with Crippen LogP contribution in [0, 0.1) is 6.92 Å². The van der Waals surface area contributed by atoms with Gasteiger partial charge in [-0.2, -0.15) is 0 Å². The number of pyridine rings is 1. The van der Waals surface area contributed by atoms with Crippen LogP contribution in [0.25, 0.3) is 33.7 Å². The van der Waals surface area contributed by atoms with Gasteiger partial charge in [-0.3, -0.25) is 0 Å². The number of anilines is 1.